The van der Waals surface area contributed by atoms with Gasteiger partial charge in [0.25, 0.3) is 0 Å². The Labute approximate surface area is 125 Å². The Bertz CT molecular complexity index is 699. The summed E-state index contributed by atoms with van der Waals surface area (Å²) in [6.07, 6.45) is 2.26. The van der Waals surface area contributed by atoms with Gasteiger partial charge in [-0.15, -0.1) is 11.3 Å². The standard InChI is InChI=1S/C15H15BrN2S/c1-17-8-11-9-18(10-15-13(16)6-7-19-15)14-5-3-2-4-12(11)14/h2-7,9,17H,8,10H2,1H3. The zero-order valence-corrected chi connectivity index (χ0v) is 13.1. The van der Waals surface area contributed by atoms with Crippen LogP contribution in [0.3, 0.4) is 0 Å². The number of para-hydroxylation sites is 1. The first-order valence-corrected chi connectivity index (χ1v) is 7.90. The second-order valence-corrected chi connectivity index (χ2v) is 6.38. The molecule has 0 saturated carbocycles. The Kier molecular flexibility index (Phi) is 3.73. The highest BCUT2D eigenvalue weighted by Crippen LogP contribution is 2.27. The summed E-state index contributed by atoms with van der Waals surface area (Å²) in [4.78, 5) is 1.36. The van der Waals surface area contributed by atoms with Crippen molar-refractivity contribution in [2.45, 2.75) is 13.1 Å². The van der Waals surface area contributed by atoms with Crippen molar-refractivity contribution in [3.8, 4) is 0 Å². The van der Waals surface area contributed by atoms with Gasteiger partial charge in [0.2, 0.25) is 0 Å². The van der Waals surface area contributed by atoms with Crippen molar-refractivity contribution in [1.82, 2.24) is 9.88 Å². The third kappa shape index (κ3) is 2.48. The van der Waals surface area contributed by atoms with E-state index in [9.17, 15) is 0 Å². The molecular formula is C15H15BrN2S. The lowest BCUT2D eigenvalue weighted by molar-refractivity contribution is 0.799. The second kappa shape index (κ2) is 5.49. The minimum absolute atomic E-state index is 0.902. The first kappa shape index (κ1) is 12.9. The highest BCUT2D eigenvalue weighted by atomic mass is 79.9. The minimum Gasteiger partial charge on any atom is -0.342 e. The summed E-state index contributed by atoms with van der Waals surface area (Å²) < 4.78 is 3.53. The van der Waals surface area contributed by atoms with Crippen LogP contribution in [0, 0.1) is 0 Å². The summed E-state index contributed by atoms with van der Waals surface area (Å²) in [6.45, 7) is 1.82. The zero-order valence-electron chi connectivity index (χ0n) is 10.7. The molecule has 0 radical (unpaired) electrons. The van der Waals surface area contributed by atoms with Gasteiger partial charge in [-0.1, -0.05) is 18.2 Å². The summed E-state index contributed by atoms with van der Waals surface area (Å²) in [5.41, 5.74) is 2.65. The largest absolute Gasteiger partial charge is 0.342 e. The smallest absolute Gasteiger partial charge is 0.0580 e. The summed E-state index contributed by atoms with van der Waals surface area (Å²) >= 11 is 5.40. The number of nitrogens with one attached hydrogen (secondary N) is 1. The number of fused-ring (bicyclic) bond motifs is 1. The number of rotatable bonds is 4. The molecule has 3 rings (SSSR count). The Morgan fingerprint density at radius 3 is 2.84 bits per heavy atom. The van der Waals surface area contributed by atoms with Gasteiger partial charge in [-0.05, 0) is 46.1 Å². The molecule has 1 N–H and O–H groups in total. The van der Waals surface area contributed by atoms with Gasteiger partial charge in [-0.25, -0.2) is 0 Å². The molecule has 2 heterocycles. The molecule has 0 unspecified atom stereocenters. The molecule has 0 atom stereocenters. The molecule has 2 aromatic heterocycles. The Hall–Kier alpha value is -1.10. The molecule has 0 bridgehead atoms. The van der Waals surface area contributed by atoms with Crippen LogP contribution in [0.15, 0.2) is 46.4 Å². The number of thiophene rings is 1. The van der Waals surface area contributed by atoms with Crippen LogP contribution in [0.25, 0.3) is 10.9 Å². The maximum Gasteiger partial charge on any atom is 0.0580 e. The van der Waals surface area contributed by atoms with E-state index < -0.39 is 0 Å². The molecule has 0 saturated heterocycles. The van der Waals surface area contributed by atoms with E-state index in [2.05, 4.69) is 67.7 Å². The monoisotopic (exact) mass is 334 g/mol. The van der Waals surface area contributed by atoms with Gasteiger partial charge in [0.15, 0.2) is 0 Å². The van der Waals surface area contributed by atoms with Gasteiger partial charge in [-0.3, -0.25) is 0 Å². The highest BCUT2D eigenvalue weighted by molar-refractivity contribution is 9.10. The normalized spacial score (nSPS) is 11.3. The molecule has 0 spiro atoms. The molecule has 98 valence electrons. The van der Waals surface area contributed by atoms with Crippen molar-refractivity contribution in [1.29, 1.82) is 0 Å². The summed E-state index contributed by atoms with van der Waals surface area (Å²) in [7, 11) is 1.99. The van der Waals surface area contributed by atoms with Crippen molar-refractivity contribution < 1.29 is 0 Å². The van der Waals surface area contributed by atoms with Crippen molar-refractivity contribution in [2.75, 3.05) is 7.05 Å². The van der Waals surface area contributed by atoms with E-state index in [1.54, 1.807) is 11.3 Å². The van der Waals surface area contributed by atoms with Crippen LogP contribution in [-0.4, -0.2) is 11.6 Å². The van der Waals surface area contributed by atoms with Gasteiger partial charge < -0.3 is 9.88 Å². The lowest BCUT2D eigenvalue weighted by Crippen LogP contribution is -2.04. The lowest BCUT2D eigenvalue weighted by atomic mass is 10.2. The summed E-state index contributed by atoms with van der Waals surface area (Å²) in [6, 6.07) is 10.7. The third-order valence-corrected chi connectivity index (χ3v) is 5.15. The molecule has 3 aromatic rings. The fourth-order valence-corrected chi connectivity index (χ4v) is 3.85. The first-order valence-electron chi connectivity index (χ1n) is 6.23. The predicted molar refractivity (Wildman–Crippen MR) is 85.8 cm³/mol. The molecule has 0 aliphatic rings. The van der Waals surface area contributed by atoms with Crippen LogP contribution in [0.1, 0.15) is 10.4 Å². The van der Waals surface area contributed by atoms with Crippen LogP contribution in [0.5, 0.6) is 0 Å². The topological polar surface area (TPSA) is 17.0 Å². The number of benzene rings is 1. The molecule has 0 aliphatic heterocycles. The van der Waals surface area contributed by atoms with E-state index in [-0.39, 0.29) is 0 Å². The van der Waals surface area contributed by atoms with Crippen molar-refractivity contribution in [2.24, 2.45) is 0 Å². The number of nitrogens with zero attached hydrogens (tertiary/aromatic N) is 1. The average molecular weight is 335 g/mol. The van der Waals surface area contributed by atoms with E-state index in [4.69, 9.17) is 0 Å². The van der Waals surface area contributed by atoms with Crippen LogP contribution in [-0.2, 0) is 13.1 Å². The van der Waals surface area contributed by atoms with Crippen LogP contribution >= 0.6 is 27.3 Å². The van der Waals surface area contributed by atoms with Gasteiger partial charge >= 0.3 is 0 Å². The Morgan fingerprint density at radius 1 is 1.26 bits per heavy atom. The number of hydrogen-bond acceptors (Lipinski definition) is 2. The fraction of sp³-hybridized carbons (Fsp3) is 0.200. The number of hydrogen-bond donors (Lipinski definition) is 1. The van der Waals surface area contributed by atoms with E-state index in [0.717, 1.165) is 13.1 Å². The SMILES string of the molecule is CNCc1cn(Cc2sccc2Br)c2ccccc12. The Balaban J connectivity index is 2.06. The number of aromatic nitrogens is 1. The van der Waals surface area contributed by atoms with Crippen molar-refractivity contribution in [3.63, 3.8) is 0 Å². The first-order chi connectivity index (χ1) is 9.29. The van der Waals surface area contributed by atoms with Crippen LogP contribution < -0.4 is 5.32 Å². The molecule has 0 amide bonds. The van der Waals surface area contributed by atoms with E-state index in [1.807, 2.05) is 7.05 Å². The summed E-state index contributed by atoms with van der Waals surface area (Å²) in [5, 5.41) is 6.70. The quantitative estimate of drug-likeness (QED) is 0.755. The average Bonchev–Trinajstić information content (AvgIpc) is 2.97. The van der Waals surface area contributed by atoms with Crippen molar-refractivity contribution >= 4 is 38.2 Å². The van der Waals surface area contributed by atoms with E-state index >= 15 is 0 Å². The Morgan fingerprint density at radius 2 is 2.11 bits per heavy atom. The lowest BCUT2D eigenvalue weighted by Gasteiger charge is -2.03. The zero-order chi connectivity index (χ0) is 13.2. The molecule has 2 nitrogen and oxygen atoms in total. The van der Waals surface area contributed by atoms with Crippen LogP contribution in [0.4, 0.5) is 0 Å². The van der Waals surface area contributed by atoms with E-state index in [1.165, 1.54) is 25.8 Å². The second-order valence-electron chi connectivity index (χ2n) is 4.52. The third-order valence-electron chi connectivity index (χ3n) is 3.24. The maximum absolute atomic E-state index is 3.61. The van der Waals surface area contributed by atoms with Crippen LogP contribution in [0.2, 0.25) is 0 Å². The molecule has 19 heavy (non-hydrogen) atoms. The van der Waals surface area contributed by atoms with E-state index in [0.29, 0.717) is 0 Å². The van der Waals surface area contributed by atoms with Gasteiger partial charge in [0.1, 0.15) is 0 Å². The maximum atomic E-state index is 3.61. The summed E-state index contributed by atoms with van der Waals surface area (Å²) in [5.74, 6) is 0. The minimum atomic E-state index is 0.902. The molecule has 0 fully saturated rings. The molecule has 1 aromatic carbocycles. The van der Waals surface area contributed by atoms with Gasteiger partial charge in [0.05, 0.1) is 6.54 Å². The molecular weight excluding hydrogens is 320 g/mol. The fourth-order valence-electron chi connectivity index (χ4n) is 2.38. The molecule has 0 aliphatic carbocycles. The number of halogens is 1. The predicted octanol–water partition coefficient (Wildman–Crippen LogP) is 4.23. The van der Waals surface area contributed by atoms with Gasteiger partial charge in [-0.2, -0.15) is 0 Å². The van der Waals surface area contributed by atoms with Crippen molar-refractivity contribution in [3.05, 3.63) is 56.8 Å². The van der Waals surface area contributed by atoms with Gasteiger partial charge in [0, 0.05) is 33.0 Å². The highest BCUT2D eigenvalue weighted by Gasteiger charge is 2.09. The molecule has 4 heteroatoms.